The summed E-state index contributed by atoms with van der Waals surface area (Å²) < 4.78 is 62.6. The molecule has 36 nitrogen and oxygen atoms in total. The third kappa shape index (κ3) is 13.9. The summed E-state index contributed by atoms with van der Waals surface area (Å²) in [5, 5.41) is 219. The summed E-state index contributed by atoms with van der Waals surface area (Å²) in [4.78, 5) is 37.4. The Bertz CT molecular complexity index is 1970. The number of hydrogen-bond donors (Lipinski definition) is 22. The maximum Gasteiger partial charge on any atom is 0.364 e. The van der Waals surface area contributed by atoms with Crippen molar-refractivity contribution in [3.63, 3.8) is 0 Å². The zero-order valence-electron chi connectivity index (χ0n) is 41.9. The van der Waals surface area contributed by atoms with Crippen molar-refractivity contribution in [2.75, 3.05) is 39.6 Å². The van der Waals surface area contributed by atoms with Crippen LogP contribution >= 0.6 is 0 Å². The molecular weight excluding hydrogens is 1090 g/mol. The number of carbonyl (C=O) groups is 3. The van der Waals surface area contributed by atoms with Gasteiger partial charge in [-0.15, -0.1) is 0 Å². The maximum atomic E-state index is 12.8. The topological polar surface area (TPSA) is 581 Å². The number of carbonyl (C=O) groups excluding carboxylic acids is 2. The number of aliphatic hydroxyl groups is 19. The Kier molecular flexibility index (Phi) is 22.9. The van der Waals surface area contributed by atoms with E-state index in [1.165, 1.54) is 0 Å². The second-order valence-corrected chi connectivity index (χ2v) is 19.7. The van der Waals surface area contributed by atoms with Gasteiger partial charge in [-0.2, -0.15) is 0 Å². The van der Waals surface area contributed by atoms with Gasteiger partial charge in [0.1, 0.15) is 146 Å². The van der Waals surface area contributed by atoms with Crippen molar-refractivity contribution in [3.8, 4) is 0 Å². The van der Waals surface area contributed by atoms with Gasteiger partial charge in [0.2, 0.25) is 11.8 Å². The molecular formula is C43H72N2O34. The summed E-state index contributed by atoms with van der Waals surface area (Å²) in [6.07, 6.45) is -59.0. The number of rotatable bonds is 21. The van der Waals surface area contributed by atoms with E-state index in [9.17, 15) is 117 Å². The lowest BCUT2D eigenvalue weighted by Gasteiger charge is -2.51. The summed E-state index contributed by atoms with van der Waals surface area (Å²) in [6, 6.07) is -3.51. The van der Waals surface area contributed by atoms with Gasteiger partial charge < -0.3 is 165 Å². The first-order valence-electron chi connectivity index (χ1n) is 24.8. The standard InChI is InChI=1S/C43H72N2O34/c1-10(52)44-19-26(61)31(17(8-50)69-37(19)66)74-39-29(64)33(24(59)15(6-48)70-39)76-41-36(28(63)23(58)14(5-47)72-41)77-38-20(45-11(2)53)27(62)32(18(9-51)73-38)75-40-30(65)35(25(60)16(7-49)71-40)79-43(42(67)68)3-12(54)21(56)34(78-43)22(57)13(55)4-46/h12-41,46-51,54-66H,3-9H2,1-2H3,(H,44,52)(H,45,53)(H,67,68)/t12-,13+,14+,15+,16+,17+,18+,19+,20+,21+,22+,23+,24+,25-,26+,27+,28-,29-,30+,31+,32+,33-,34+,35-,36-,37?,38-,39-,40-,41+,43-/m0/s1. The van der Waals surface area contributed by atoms with Crippen LogP contribution in [-0.4, -0.2) is 349 Å². The monoisotopic (exact) mass is 1160 g/mol. The van der Waals surface area contributed by atoms with Crippen molar-refractivity contribution in [2.24, 2.45) is 0 Å². The number of carboxylic acid groups (broad SMARTS) is 1. The van der Waals surface area contributed by atoms with Gasteiger partial charge >= 0.3 is 5.97 Å². The summed E-state index contributed by atoms with van der Waals surface area (Å²) in [7, 11) is 0. The lowest BCUT2D eigenvalue weighted by Crippen LogP contribution is -2.71. The van der Waals surface area contributed by atoms with Crippen molar-refractivity contribution in [1.82, 2.24) is 10.6 Å². The fourth-order valence-corrected chi connectivity index (χ4v) is 9.98. The normalized spacial score (nSPS) is 47.7. The van der Waals surface area contributed by atoms with Crippen molar-refractivity contribution in [3.05, 3.63) is 0 Å². The van der Waals surface area contributed by atoms with E-state index in [4.69, 9.17) is 52.1 Å². The SMILES string of the molecule is CC(=O)N[C@H]1[C@H](O[C@@H]2[C@@H](O[C@@H]3[C@H](O)[C@H](O[C@H]4[C@H](O)[C@@H](NC(C)=O)C(O)O[C@@H]4CO)O[C@H](CO)[C@H]3O)O[C@H](CO)[C@@H](O)[C@@H]2O)O[C@H](CO)[C@@H](O[C@@H]2O[C@H](CO)[C@H](O)[C@H](O[C@]3(C(=O)O)C[C@H](O)[C@@H](O)[C@H]([C@H](O)[C@H](O)CO)O3)[C@H]2O)[C@@H]1O. The van der Waals surface area contributed by atoms with Crippen LogP contribution in [-0.2, 0) is 66.5 Å². The third-order valence-corrected chi connectivity index (χ3v) is 14.2. The Hall–Kier alpha value is -2.79. The summed E-state index contributed by atoms with van der Waals surface area (Å²) in [5.74, 6) is -7.00. The van der Waals surface area contributed by atoms with E-state index in [2.05, 4.69) is 10.6 Å². The van der Waals surface area contributed by atoms with Gasteiger partial charge in [0.25, 0.3) is 5.79 Å². The molecule has 6 heterocycles. The molecule has 0 bridgehead atoms. The van der Waals surface area contributed by atoms with Crippen molar-refractivity contribution < 1.29 is 169 Å². The first kappa shape index (κ1) is 65.4. The molecule has 0 saturated carbocycles. The predicted octanol–water partition coefficient (Wildman–Crippen LogP) is -14.6. The molecule has 36 heteroatoms. The molecule has 0 spiro atoms. The molecule has 0 aromatic carbocycles. The Morgan fingerprint density at radius 3 is 1.43 bits per heavy atom. The molecule has 458 valence electrons. The number of amides is 2. The minimum atomic E-state index is -3.21. The highest BCUT2D eigenvalue weighted by atomic mass is 16.8. The fraction of sp³-hybridized carbons (Fsp3) is 0.930. The average molecular weight is 1160 g/mol. The smallest absolute Gasteiger partial charge is 0.364 e. The molecule has 0 radical (unpaired) electrons. The number of hydrogen-bond acceptors (Lipinski definition) is 33. The van der Waals surface area contributed by atoms with Crippen LogP contribution in [0.15, 0.2) is 0 Å². The van der Waals surface area contributed by atoms with Crippen LogP contribution in [0, 0.1) is 0 Å². The number of nitrogens with one attached hydrogen (secondary N) is 2. The second-order valence-electron chi connectivity index (χ2n) is 19.7. The largest absolute Gasteiger partial charge is 0.477 e. The molecule has 6 fully saturated rings. The molecule has 6 saturated heterocycles. The summed E-state index contributed by atoms with van der Waals surface area (Å²) >= 11 is 0. The number of aliphatic carboxylic acids is 1. The maximum absolute atomic E-state index is 12.8. The van der Waals surface area contributed by atoms with Crippen LogP contribution < -0.4 is 10.6 Å². The molecule has 1 unspecified atom stereocenters. The Morgan fingerprint density at radius 2 is 0.924 bits per heavy atom. The van der Waals surface area contributed by atoms with E-state index in [-0.39, 0.29) is 0 Å². The van der Waals surface area contributed by atoms with Crippen LogP contribution in [0.2, 0.25) is 0 Å². The first-order valence-corrected chi connectivity index (χ1v) is 24.8. The third-order valence-electron chi connectivity index (χ3n) is 14.2. The highest BCUT2D eigenvalue weighted by Crippen LogP contribution is 2.40. The van der Waals surface area contributed by atoms with Gasteiger partial charge in [-0.3, -0.25) is 9.59 Å². The van der Waals surface area contributed by atoms with Crippen LogP contribution in [0.3, 0.4) is 0 Å². The fourth-order valence-electron chi connectivity index (χ4n) is 9.98. The van der Waals surface area contributed by atoms with Gasteiger partial charge in [-0.25, -0.2) is 4.79 Å². The zero-order valence-corrected chi connectivity index (χ0v) is 41.9. The predicted molar refractivity (Wildman–Crippen MR) is 240 cm³/mol. The van der Waals surface area contributed by atoms with Crippen molar-refractivity contribution in [1.29, 1.82) is 0 Å². The molecule has 6 rings (SSSR count). The summed E-state index contributed by atoms with van der Waals surface area (Å²) in [6.45, 7) is -4.48. The molecule has 0 aromatic rings. The molecule has 0 aliphatic carbocycles. The quantitative estimate of drug-likeness (QED) is 0.0507. The molecule has 22 N–H and O–H groups in total. The van der Waals surface area contributed by atoms with E-state index in [0.29, 0.717) is 0 Å². The highest BCUT2D eigenvalue weighted by Gasteiger charge is 2.61. The zero-order chi connectivity index (χ0) is 58.7. The minimum absolute atomic E-state index is 0.741. The molecule has 6 aliphatic rings. The Morgan fingerprint density at radius 1 is 0.494 bits per heavy atom. The molecule has 6 aliphatic heterocycles. The second kappa shape index (κ2) is 27.7. The highest BCUT2D eigenvalue weighted by molar-refractivity contribution is 5.76. The van der Waals surface area contributed by atoms with Crippen molar-refractivity contribution >= 4 is 17.8 Å². The molecule has 79 heavy (non-hydrogen) atoms. The van der Waals surface area contributed by atoms with Crippen LogP contribution in [0.1, 0.15) is 20.3 Å². The van der Waals surface area contributed by atoms with Crippen LogP contribution in [0.25, 0.3) is 0 Å². The van der Waals surface area contributed by atoms with E-state index in [1.54, 1.807) is 0 Å². The van der Waals surface area contributed by atoms with E-state index < -0.39 is 254 Å². The van der Waals surface area contributed by atoms with Crippen LogP contribution in [0.5, 0.6) is 0 Å². The number of carboxylic acids is 1. The van der Waals surface area contributed by atoms with Crippen molar-refractivity contribution in [2.45, 2.75) is 210 Å². The number of ether oxygens (including phenoxy) is 11. The lowest BCUT2D eigenvalue weighted by atomic mass is 9.90. The molecule has 31 atom stereocenters. The van der Waals surface area contributed by atoms with Crippen LogP contribution in [0.4, 0.5) is 0 Å². The van der Waals surface area contributed by atoms with Gasteiger partial charge in [0.05, 0.1) is 45.7 Å². The van der Waals surface area contributed by atoms with Gasteiger partial charge in [0.15, 0.2) is 31.5 Å². The number of aliphatic hydroxyl groups excluding tert-OH is 19. The van der Waals surface area contributed by atoms with E-state index in [0.717, 1.165) is 13.8 Å². The molecule has 0 aromatic heterocycles. The Balaban J connectivity index is 1.26. The summed E-state index contributed by atoms with van der Waals surface area (Å²) in [5.41, 5.74) is 0. The van der Waals surface area contributed by atoms with Gasteiger partial charge in [-0.1, -0.05) is 0 Å². The van der Waals surface area contributed by atoms with E-state index >= 15 is 0 Å². The average Bonchev–Trinajstić information content (AvgIpc) is 3.46. The Labute approximate surface area is 446 Å². The first-order chi connectivity index (χ1) is 37.2. The van der Waals surface area contributed by atoms with Gasteiger partial charge in [0, 0.05) is 20.3 Å². The van der Waals surface area contributed by atoms with Gasteiger partial charge in [-0.05, 0) is 0 Å². The van der Waals surface area contributed by atoms with E-state index in [1.807, 2.05) is 0 Å². The molecule has 2 amide bonds. The minimum Gasteiger partial charge on any atom is -0.477 e. The lowest BCUT2D eigenvalue weighted by molar-refractivity contribution is -0.398.